The van der Waals surface area contributed by atoms with Gasteiger partial charge in [0.2, 0.25) is 0 Å². The number of benzene rings is 1. The average Bonchev–Trinajstić information content (AvgIpc) is 2.58. The zero-order valence-electron chi connectivity index (χ0n) is 8.65. The van der Waals surface area contributed by atoms with E-state index in [0.717, 1.165) is 5.56 Å². The van der Waals surface area contributed by atoms with Crippen LogP contribution in [-0.4, -0.2) is 28.3 Å². The molecule has 0 saturated carbocycles. The molecule has 1 aromatic rings. The summed E-state index contributed by atoms with van der Waals surface area (Å²) in [5.74, 6) is 0.664. The van der Waals surface area contributed by atoms with Crippen molar-refractivity contribution in [2.75, 3.05) is 19.9 Å². The second kappa shape index (κ2) is 3.50. The van der Waals surface area contributed by atoms with Gasteiger partial charge in [0.15, 0.2) is 9.84 Å². The Hall–Kier alpha value is -1.07. The molecule has 82 valence electrons. The van der Waals surface area contributed by atoms with Crippen LogP contribution in [0.5, 0.6) is 5.75 Å². The fourth-order valence-corrected chi connectivity index (χ4v) is 2.30. The molecule has 1 aromatic carbocycles. The zero-order chi connectivity index (χ0) is 11.1. The predicted octanol–water partition coefficient (Wildman–Crippen LogP) is 0.743. The van der Waals surface area contributed by atoms with E-state index in [9.17, 15) is 8.42 Å². The minimum atomic E-state index is -3.15. The summed E-state index contributed by atoms with van der Waals surface area (Å²) in [5, 5.41) is 3.10. The zero-order valence-corrected chi connectivity index (χ0v) is 9.47. The second-order valence-corrected chi connectivity index (χ2v) is 5.64. The first-order valence-electron chi connectivity index (χ1n) is 4.66. The molecule has 0 aromatic heterocycles. The van der Waals surface area contributed by atoms with Crippen LogP contribution in [0.2, 0.25) is 0 Å². The molecule has 1 N–H and O–H groups in total. The van der Waals surface area contributed by atoms with Gasteiger partial charge in [0.05, 0.1) is 10.9 Å². The summed E-state index contributed by atoms with van der Waals surface area (Å²) in [6.45, 7) is 0.555. The van der Waals surface area contributed by atoms with E-state index in [1.54, 1.807) is 18.2 Å². The van der Waals surface area contributed by atoms with Crippen LogP contribution in [-0.2, 0) is 9.84 Å². The van der Waals surface area contributed by atoms with Gasteiger partial charge in [0, 0.05) is 11.8 Å². The van der Waals surface area contributed by atoms with Crippen molar-refractivity contribution >= 4 is 9.84 Å². The Kier molecular flexibility index (Phi) is 2.44. The van der Waals surface area contributed by atoms with Crippen molar-refractivity contribution in [3.8, 4) is 5.75 Å². The predicted molar refractivity (Wildman–Crippen MR) is 56.8 cm³/mol. The normalized spacial score (nSPS) is 19.7. The molecule has 0 saturated heterocycles. The topological polar surface area (TPSA) is 55.4 Å². The maximum atomic E-state index is 11.3. The van der Waals surface area contributed by atoms with E-state index in [1.807, 2.05) is 7.05 Å². The van der Waals surface area contributed by atoms with Gasteiger partial charge in [-0.15, -0.1) is 0 Å². The first-order chi connectivity index (χ1) is 7.02. The molecular formula is C10H13NO3S. The molecule has 0 aliphatic carbocycles. The van der Waals surface area contributed by atoms with Crippen molar-refractivity contribution < 1.29 is 13.2 Å². The van der Waals surface area contributed by atoms with E-state index in [2.05, 4.69) is 5.32 Å². The molecular weight excluding hydrogens is 214 g/mol. The Balaban J connectivity index is 2.46. The molecule has 1 atom stereocenters. The van der Waals surface area contributed by atoms with Gasteiger partial charge in [-0.05, 0) is 19.2 Å². The van der Waals surface area contributed by atoms with E-state index in [0.29, 0.717) is 17.3 Å². The van der Waals surface area contributed by atoms with E-state index < -0.39 is 9.84 Å². The molecule has 4 nitrogen and oxygen atoms in total. The number of hydrogen-bond acceptors (Lipinski definition) is 4. The number of fused-ring (bicyclic) bond motifs is 1. The lowest BCUT2D eigenvalue weighted by Crippen LogP contribution is -2.17. The number of hydrogen-bond donors (Lipinski definition) is 1. The molecule has 0 radical (unpaired) electrons. The lowest BCUT2D eigenvalue weighted by atomic mass is 10.1. The van der Waals surface area contributed by atoms with Gasteiger partial charge in [0.25, 0.3) is 0 Å². The molecule has 1 heterocycles. The van der Waals surface area contributed by atoms with Crippen molar-refractivity contribution in [1.29, 1.82) is 0 Å². The van der Waals surface area contributed by atoms with Crippen molar-refractivity contribution in [2.24, 2.45) is 0 Å². The molecule has 0 unspecified atom stereocenters. The molecule has 15 heavy (non-hydrogen) atoms. The highest BCUT2D eigenvalue weighted by atomic mass is 32.2. The number of sulfone groups is 1. The standard InChI is InChI=1S/C10H13NO3S/c1-11-9-6-14-10-5-7(15(2,12)13)3-4-8(9)10/h3-5,9,11H,6H2,1-2H3/t9-/m1/s1. The van der Waals surface area contributed by atoms with E-state index >= 15 is 0 Å². The third-order valence-electron chi connectivity index (χ3n) is 2.54. The Morgan fingerprint density at radius 1 is 1.47 bits per heavy atom. The van der Waals surface area contributed by atoms with Crippen LogP contribution in [0.1, 0.15) is 11.6 Å². The van der Waals surface area contributed by atoms with Crippen molar-refractivity contribution in [3.63, 3.8) is 0 Å². The summed E-state index contributed by atoms with van der Waals surface area (Å²) in [6, 6.07) is 5.17. The largest absolute Gasteiger partial charge is 0.491 e. The Morgan fingerprint density at radius 3 is 2.80 bits per heavy atom. The number of likely N-dealkylation sites (N-methyl/N-ethyl adjacent to an activating group) is 1. The summed E-state index contributed by atoms with van der Waals surface area (Å²) in [4.78, 5) is 0.304. The maximum absolute atomic E-state index is 11.3. The molecule has 0 spiro atoms. The third-order valence-corrected chi connectivity index (χ3v) is 3.65. The average molecular weight is 227 g/mol. The molecule has 1 aliphatic rings. The van der Waals surface area contributed by atoms with Gasteiger partial charge in [-0.1, -0.05) is 6.07 Å². The lowest BCUT2D eigenvalue weighted by molar-refractivity contribution is 0.317. The summed E-state index contributed by atoms with van der Waals surface area (Å²) >= 11 is 0. The second-order valence-electron chi connectivity index (χ2n) is 3.62. The van der Waals surface area contributed by atoms with Gasteiger partial charge < -0.3 is 10.1 Å². The highest BCUT2D eigenvalue weighted by Crippen LogP contribution is 2.33. The van der Waals surface area contributed by atoms with E-state index in [4.69, 9.17) is 4.74 Å². The molecule has 2 rings (SSSR count). The van der Waals surface area contributed by atoms with Crippen LogP contribution in [0.15, 0.2) is 23.1 Å². The Labute approximate surface area is 89.2 Å². The number of nitrogens with one attached hydrogen (secondary N) is 1. The van der Waals surface area contributed by atoms with Gasteiger partial charge in [-0.25, -0.2) is 8.42 Å². The fraction of sp³-hybridized carbons (Fsp3) is 0.400. The highest BCUT2D eigenvalue weighted by molar-refractivity contribution is 7.90. The molecule has 0 amide bonds. The van der Waals surface area contributed by atoms with Crippen molar-refractivity contribution in [3.05, 3.63) is 23.8 Å². The highest BCUT2D eigenvalue weighted by Gasteiger charge is 2.23. The fourth-order valence-electron chi connectivity index (χ4n) is 1.66. The first-order valence-corrected chi connectivity index (χ1v) is 6.55. The summed E-state index contributed by atoms with van der Waals surface area (Å²) in [7, 11) is -1.29. The monoisotopic (exact) mass is 227 g/mol. The van der Waals surface area contributed by atoms with Crippen LogP contribution < -0.4 is 10.1 Å². The minimum absolute atomic E-state index is 0.161. The van der Waals surface area contributed by atoms with E-state index in [1.165, 1.54) is 6.26 Å². The Morgan fingerprint density at radius 2 is 2.20 bits per heavy atom. The lowest BCUT2D eigenvalue weighted by Gasteiger charge is -2.06. The van der Waals surface area contributed by atoms with Crippen LogP contribution in [0.4, 0.5) is 0 Å². The Bertz CT molecular complexity index is 481. The van der Waals surface area contributed by atoms with Crippen LogP contribution >= 0.6 is 0 Å². The smallest absolute Gasteiger partial charge is 0.175 e. The van der Waals surface area contributed by atoms with Crippen molar-refractivity contribution in [2.45, 2.75) is 10.9 Å². The first kappa shape index (κ1) is 10.4. The van der Waals surface area contributed by atoms with Crippen LogP contribution in [0, 0.1) is 0 Å². The van der Waals surface area contributed by atoms with Gasteiger partial charge in [0.1, 0.15) is 12.4 Å². The van der Waals surface area contributed by atoms with E-state index in [-0.39, 0.29) is 6.04 Å². The SMILES string of the molecule is CN[C@@H]1COc2cc(S(C)(=O)=O)ccc21. The quantitative estimate of drug-likeness (QED) is 0.809. The minimum Gasteiger partial charge on any atom is -0.491 e. The number of ether oxygens (including phenoxy) is 1. The van der Waals surface area contributed by atoms with Crippen LogP contribution in [0.3, 0.4) is 0 Å². The van der Waals surface area contributed by atoms with Gasteiger partial charge in [-0.2, -0.15) is 0 Å². The maximum Gasteiger partial charge on any atom is 0.175 e. The summed E-state index contributed by atoms with van der Waals surface area (Å²) in [5.41, 5.74) is 1.02. The third kappa shape index (κ3) is 1.85. The molecule has 0 fully saturated rings. The summed E-state index contributed by atoms with van der Waals surface area (Å²) < 4.78 is 28.0. The van der Waals surface area contributed by atoms with Crippen LogP contribution in [0.25, 0.3) is 0 Å². The van der Waals surface area contributed by atoms with Gasteiger partial charge >= 0.3 is 0 Å². The molecule has 1 aliphatic heterocycles. The molecule has 5 heteroatoms. The summed E-state index contributed by atoms with van der Waals surface area (Å²) in [6.07, 6.45) is 1.19. The number of rotatable bonds is 2. The molecule has 0 bridgehead atoms. The van der Waals surface area contributed by atoms with Gasteiger partial charge in [-0.3, -0.25) is 0 Å². The van der Waals surface area contributed by atoms with Crippen molar-refractivity contribution in [1.82, 2.24) is 5.32 Å².